The maximum absolute atomic E-state index is 6.70. The van der Waals surface area contributed by atoms with Gasteiger partial charge in [0.2, 0.25) is 0 Å². The molecule has 2 aliphatic rings. The molecule has 4 rings (SSSR count). The second kappa shape index (κ2) is 7.09. The fourth-order valence-corrected chi connectivity index (χ4v) is 5.52. The van der Waals surface area contributed by atoms with Crippen molar-refractivity contribution < 1.29 is 9.47 Å². The largest absolute Gasteiger partial charge is 0.370 e. The van der Waals surface area contributed by atoms with E-state index in [-0.39, 0.29) is 28.9 Å². The zero-order valence-corrected chi connectivity index (χ0v) is 15.1. The van der Waals surface area contributed by atoms with E-state index >= 15 is 0 Å². The van der Waals surface area contributed by atoms with Gasteiger partial charge in [0.25, 0.3) is 0 Å². The van der Waals surface area contributed by atoms with Crippen molar-refractivity contribution in [1.29, 1.82) is 0 Å². The lowest BCUT2D eigenvalue weighted by Gasteiger charge is -2.33. The molecule has 2 heterocycles. The number of alkyl halides is 1. The van der Waals surface area contributed by atoms with Crippen LogP contribution in [0.4, 0.5) is 0 Å². The number of hydrogen-bond donors (Lipinski definition) is 0. The van der Waals surface area contributed by atoms with E-state index in [1.54, 1.807) is 0 Å². The predicted molar refractivity (Wildman–Crippen MR) is 98.6 cm³/mol. The number of rotatable bonds is 5. The molecular formula is C20H21ClO2S. The molecule has 24 heavy (non-hydrogen) atoms. The Hall–Kier alpha value is -1.00. The van der Waals surface area contributed by atoms with Gasteiger partial charge in [0, 0.05) is 10.8 Å². The minimum absolute atomic E-state index is 0.0341. The molecule has 0 aromatic heterocycles. The Morgan fingerprint density at radius 3 is 2.33 bits per heavy atom. The van der Waals surface area contributed by atoms with Crippen LogP contribution in [0.5, 0.6) is 0 Å². The average molecular weight is 361 g/mol. The van der Waals surface area contributed by atoms with Crippen LogP contribution < -0.4 is 0 Å². The van der Waals surface area contributed by atoms with Crippen molar-refractivity contribution in [1.82, 2.24) is 0 Å². The first-order valence-electron chi connectivity index (χ1n) is 8.41. The van der Waals surface area contributed by atoms with Crippen LogP contribution in [-0.2, 0) is 16.1 Å². The highest BCUT2D eigenvalue weighted by molar-refractivity contribution is 8.00. The van der Waals surface area contributed by atoms with Gasteiger partial charge in [0.1, 0.15) is 0 Å². The number of halogens is 1. The highest BCUT2D eigenvalue weighted by atomic mass is 35.5. The predicted octanol–water partition coefficient (Wildman–Crippen LogP) is 4.76. The molecule has 0 unspecified atom stereocenters. The van der Waals surface area contributed by atoms with Crippen LogP contribution in [0.1, 0.15) is 12.5 Å². The van der Waals surface area contributed by atoms with Gasteiger partial charge in [-0.25, -0.2) is 0 Å². The Labute approximate surface area is 152 Å². The maximum atomic E-state index is 6.70. The molecule has 0 saturated carbocycles. The van der Waals surface area contributed by atoms with Crippen LogP contribution in [0.25, 0.3) is 0 Å². The van der Waals surface area contributed by atoms with Crippen molar-refractivity contribution >= 4 is 23.4 Å². The molecular weight excluding hydrogens is 340 g/mol. The van der Waals surface area contributed by atoms with Crippen molar-refractivity contribution in [2.24, 2.45) is 5.92 Å². The van der Waals surface area contributed by atoms with Crippen molar-refractivity contribution in [3.05, 3.63) is 66.2 Å². The first kappa shape index (κ1) is 16.5. The third-order valence-corrected chi connectivity index (χ3v) is 6.97. The van der Waals surface area contributed by atoms with Gasteiger partial charge in [0.05, 0.1) is 35.5 Å². The van der Waals surface area contributed by atoms with E-state index in [1.807, 2.05) is 36.0 Å². The molecule has 126 valence electrons. The summed E-state index contributed by atoms with van der Waals surface area (Å²) >= 11 is 8.51. The summed E-state index contributed by atoms with van der Waals surface area (Å²) < 4.78 is 12.5. The van der Waals surface area contributed by atoms with Crippen molar-refractivity contribution in [2.75, 3.05) is 0 Å². The zero-order valence-electron chi connectivity index (χ0n) is 13.5. The number of fused-ring (bicyclic) bond motifs is 2. The van der Waals surface area contributed by atoms with Crippen LogP contribution in [0, 0.1) is 5.92 Å². The van der Waals surface area contributed by atoms with E-state index in [9.17, 15) is 0 Å². The Morgan fingerprint density at radius 1 is 1.00 bits per heavy atom. The van der Waals surface area contributed by atoms with Crippen molar-refractivity contribution in [3.63, 3.8) is 0 Å². The SMILES string of the molecule is C[C@H]1[C@H]2O[C@@H]([C@H]1OCc1ccccc1)[C@H](Sc1ccccc1)[C@H]2Cl. The lowest BCUT2D eigenvalue weighted by molar-refractivity contribution is -0.0189. The molecule has 0 aliphatic carbocycles. The standard InChI is InChI=1S/C20H21ClO2S/c1-13-17-16(21)20(24-15-10-6-3-7-11-15)19(23-17)18(13)22-12-14-8-4-2-5-9-14/h2-11,13,16-20H,12H2,1H3/t13-,16-,17+,18-,19-,20+/m0/s1. The van der Waals surface area contributed by atoms with E-state index in [0.29, 0.717) is 12.5 Å². The van der Waals surface area contributed by atoms with Gasteiger partial charge >= 0.3 is 0 Å². The van der Waals surface area contributed by atoms with E-state index < -0.39 is 0 Å². The molecule has 2 aliphatic heterocycles. The highest BCUT2D eigenvalue weighted by Gasteiger charge is 2.58. The summed E-state index contributed by atoms with van der Waals surface area (Å²) in [6, 6.07) is 20.7. The summed E-state index contributed by atoms with van der Waals surface area (Å²) in [5, 5.41) is 0.267. The van der Waals surface area contributed by atoms with Gasteiger partial charge in [-0.2, -0.15) is 0 Å². The van der Waals surface area contributed by atoms with Gasteiger partial charge in [-0.3, -0.25) is 0 Å². The summed E-state index contributed by atoms with van der Waals surface area (Å²) in [5.41, 5.74) is 1.20. The van der Waals surface area contributed by atoms with Crippen molar-refractivity contribution in [2.45, 2.75) is 47.4 Å². The lowest BCUT2D eigenvalue weighted by atomic mass is 9.87. The molecule has 2 fully saturated rings. The van der Waals surface area contributed by atoms with Crippen molar-refractivity contribution in [3.8, 4) is 0 Å². The fourth-order valence-electron chi connectivity index (χ4n) is 3.67. The third-order valence-electron chi connectivity index (χ3n) is 4.93. The smallest absolute Gasteiger partial charge is 0.0982 e. The molecule has 2 aromatic carbocycles. The molecule has 6 atom stereocenters. The van der Waals surface area contributed by atoms with Crippen LogP contribution >= 0.6 is 23.4 Å². The third kappa shape index (κ3) is 3.11. The van der Waals surface area contributed by atoms with Gasteiger partial charge in [-0.15, -0.1) is 23.4 Å². The molecule has 0 radical (unpaired) electrons. The summed E-state index contributed by atoms with van der Waals surface area (Å²) in [5.74, 6) is 0.328. The van der Waals surface area contributed by atoms with E-state index in [1.165, 1.54) is 10.5 Å². The quantitative estimate of drug-likeness (QED) is 0.716. The molecule has 0 amide bonds. The minimum atomic E-state index is 0.0341. The first-order chi connectivity index (χ1) is 11.7. The van der Waals surface area contributed by atoms with Gasteiger partial charge in [-0.1, -0.05) is 55.5 Å². The van der Waals surface area contributed by atoms with Crippen LogP contribution in [0.3, 0.4) is 0 Å². The number of benzene rings is 2. The Balaban J connectivity index is 1.46. The highest BCUT2D eigenvalue weighted by Crippen LogP contribution is 2.49. The summed E-state index contributed by atoms with van der Waals surface area (Å²) in [6.45, 7) is 2.82. The second-order valence-electron chi connectivity index (χ2n) is 6.53. The molecule has 0 N–H and O–H groups in total. The molecule has 4 heteroatoms. The van der Waals surface area contributed by atoms with Gasteiger partial charge in [-0.05, 0) is 17.7 Å². The first-order valence-corrected chi connectivity index (χ1v) is 9.72. The van der Waals surface area contributed by atoms with E-state index in [2.05, 4.69) is 43.3 Å². The Kier molecular flexibility index (Phi) is 4.86. The van der Waals surface area contributed by atoms with Crippen LogP contribution in [0.15, 0.2) is 65.6 Å². The molecule has 2 saturated heterocycles. The summed E-state index contributed by atoms with van der Waals surface area (Å²) in [6.07, 6.45) is 0.242. The normalized spacial score (nSPS) is 34.6. The topological polar surface area (TPSA) is 18.5 Å². The molecule has 2 bridgehead atoms. The van der Waals surface area contributed by atoms with Crippen LogP contribution in [-0.4, -0.2) is 28.9 Å². The number of hydrogen-bond acceptors (Lipinski definition) is 3. The van der Waals surface area contributed by atoms with E-state index in [4.69, 9.17) is 21.1 Å². The Morgan fingerprint density at radius 2 is 1.67 bits per heavy atom. The molecule has 0 spiro atoms. The number of thioether (sulfide) groups is 1. The lowest BCUT2D eigenvalue weighted by Crippen LogP contribution is -2.46. The molecule has 2 aromatic rings. The van der Waals surface area contributed by atoms with Gasteiger partial charge < -0.3 is 9.47 Å². The minimum Gasteiger partial charge on any atom is -0.370 e. The Bertz CT molecular complexity index is 666. The zero-order chi connectivity index (χ0) is 16.5. The van der Waals surface area contributed by atoms with E-state index in [0.717, 1.165) is 0 Å². The summed E-state index contributed by atoms with van der Waals surface area (Å²) in [4.78, 5) is 1.23. The second-order valence-corrected chi connectivity index (χ2v) is 8.28. The number of ether oxygens (including phenoxy) is 2. The fraction of sp³-hybridized carbons (Fsp3) is 0.400. The monoisotopic (exact) mass is 360 g/mol. The molecule has 2 nitrogen and oxygen atoms in total. The maximum Gasteiger partial charge on any atom is 0.0982 e. The van der Waals surface area contributed by atoms with Gasteiger partial charge in [0.15, 0.2) is 0 Å². The summed E-state index contributed by atoms with van der Waals surface area (Å²) in [7, 11) is 0. The average Bonchev–Trinajstić information content (AvgIpc) is 3.11. The van der Waals surface area contributed by atoms with Crippen LogP contribution in [0.2, 0.25) is 0 Å².